The van der Waals surface area contributed by atoms with Crippen LogP contribution in [0.25, 0.3) is 0 Å². The molecule has 0 aromatic heterocycles. The van der Waals surface area contributed by atoms with Crippen molar-refractivity contribution in [1.29, 1.82) is 0 Å². The van der Waals surface area contributed by atoms with E-state index >= 15 is 0 Å². The third-order valence-corrected chi connectivity index (χ3v) is 3.27. The van der Waals surface area contributed by atoms with Crippen molar-refractivity contribution >= 4 is 11.7 Å². The van der Waals surface area contributed by atoms with Crippen molar-refractivity contribution in [3.63, 3.8) is 0 Å². The number of hydrogen-bond acceptors (Lipinski definition) is 5. The molecule has 2 rings (SSSR count). The van der Waals surface area contributed by atoms with Gasteiger partial charge in [0.15, 0.2) is 11.5 Å². The number of aliphatic hydroxyl groups is 2. The minimum atomic E-state index is -0.782. The summed E-state index contributed by atoms with van der Waals surface area (Å²) in [6.07, 6.45) is 0. The molecule has 0 spiro atoms. The average Bonchev–Trinajstić information content (AvgIpc) is 2.71. The molecule has 0 radical (unpaired) electrons. The van der Waals surface area contributed by atoms with E-state index in [2.05, 4.69) is 0 Å². The van der Waals surface area contributed by atoms with Gasteiger partial charge in [-0.05, 0) is 24.6 Å². The molecule has 106 valence electrons. The predicted molar refractivity (Wildman–Crippen MR) is 70.0 cm³/mol. The lowest BCUT2D eigenvalue weighted by atomic mass is 9.97. The van der Waals surface area contributed by atoms with Gasteiger partial charge in [-0.1, -0.05) is 12.1 Å². The number of carbonyl (C=O) groups is 2. The van der Waals surface area contributed by atoms with Crippen LogP contribution in [0.15, 0.2) is 35.6 Å². The molecule has 0 fully saturated rings. The van der Waals surface area contributed by atoms with Gasteiger partial charge in [0.25, 0.3) is 5.91 Å². The second kappa shape index (κ2) is 5.34. The summed E-state index contributed by atoms with van der Waals surface area (Å²) in [5.41, 5.74) is 0.608. The van der Waals surface area contributed by atoms with E-state index in [1.54, 1.807) is 24.3 Å². The highest BCUT2D eigenvalue weighted by atomic mass is 16.5. The molecule has 1 aliphatic rings. The molecule has 0 bridgehead atoms. The fourth-order valence-corrected chi connectivity index (χ4v) is 2.29. The largest absolute Gasteiger partial charge is 0.503 e. The van der Waals surface area contributed by atoms with Crippen LogP contribution in [-0.4, -0.2) is 40.6 Å². The molecule has 6 nitrogen and oxygen atoms in total. The van der Waals surface area contributed by atoms with Gasteiger partial charge in [-0.15, -0.1) is 0 Å². The Bertz CT molecular complexity index is 576. The summed E-state index contributed by atoms with van der Waals surface area (Å²) in [6, 6.07) is 5.95. The second-order valence-corrected chi connectivity index (χ2v) is 4.41. The lowest BCUT2D eigenvalue weighted by Crippen LogP contribution is -2.31. The number of nitrogens with zero attached hydrogens (tertiary/aromatic N) is 1. The number of amides is 1. The zero-order valence-corrected chi connectivity index (χ0v) is 11.2. The minimum Gasteiger partial charge on any atom is -0.503 e. The van der Waals surface area contributed by atoms with Gasteiger partial charge in [-0.3, -0.25) is 9.59 Å². The van der Waals surface area contributed by atoms with Gasteiger partial charge in [0.2, 0.25) is 0 Å². The molecule has 1 amide bonds. The number of ketones is 1. The van der Waals surface area contributed by atoms with Crippen LogP contribution in [0.4, 0.5) is 0 Å². The first-order chi connectivity index (χ1) is 9.51. The first kappa shape index (κ1) is 14.1. The fourth-order valence-electron chi connectivity index (χ4n) is 2.29. The summed E-state index contributed by atoms with van der Waals surface area (Å²) >= 11 is 0. The summed E-state index contributed by atoms with van der Waals surface area (Å²) in [6.45, 7) is 0.687. The smallest absolute Gasteiger partial charge is 0.291 e. The van der Waals surface area contributed by atoms with Crippen LogP contribution >= 0.6 is 0 Å². The highest BCUT2D eigenvalue weighted by Gasteiger charge is 2.41. The van der Waals surface area contributed by atoms with Crippen molar-refractivity contribution in [3.05, 3.63) is 41.2 Å². The zero-order valence-electron chi connectivity index (χ0n) is 11.2. The number of carbonyl (C=O) groups excluding carboxylic acids is 2. The maximum Gasteiger partial charge on any atom is 0.291 e. The third-order valence-electron chi connectivity index (χ3n) is 3.27. The summed E-state index contributed by atoms with van der Waals surface area (Å²) in [4.78, 5) is 24.5. The lowest BCUT2D eigenvalue weighted by molar-refractivity contribution is -0.133. The van der Waals surface area contributed by atoms with Crippen molar-refractivity contribution < 1.29 is 24.5 Å². The third kappa shape index (κ3) is 2.14. The van der Waals surface area contributed by atoms with Gasteiger partial charge < -0.3 is 19.8 Å². The molecule has 1 unspecified atom stereocenters. The highest BCUT2D eigenvalue weighted by molar-refractivity contribution is 6.08. The van der Waals surface area contributed by atoms with Crippen LogP contribution in [0.3, 0.4) is 0 Å². The number of aliphatic hydroxyl groups excluding tert-OH is 2. The molecule has 0 saturated heterocycles. The fraction of sp³-hybridized carbons (Fsp3) is 0.286. The molecule has 1 aromatic carbocycles. The van der Waals surface area contributed by atoms with Gasteiger partial charge in [0, 0.05) is 0 Å². The van der Waals surface area contributed by atoms with Gasteiger partial charge in [0.1, 0.15) is 12.5 Å². The van der Waals surface area contributed by atoms with Crippen LogP contribution in [-0.2, 0) is 9.59 Å². The standard InChI is InChI=1S/C14H15NO5/c1-8(17)11-12(15(7-16)14(19)13(11)18)9-3-5-10(20-2)6-4-9/h3-6,12,16,18H,7H2,1-2H3. The van der Waals surface area contributed by atoms with E-state index in [0.29, 0.717) is 11.3 Å². The van der Waals surface area contributed by atoms with E-state index in [9.17, 15) is 19.8 Å². The predicted octanol–water partition coefficient (Wildman–Crippen LogP) is 0.929. The summed E-state index contributed by atoms with van der Waals surface area (Å²) in [5, 5.41) is 19.1. The normalized spacial score (nSPS) is 18.6. The SMILES string of the molecule is COc1ccc(C2C(C(C)=O)=C(O)C(=O)N2CO)cc1. The van der Waals surface area contributed by atoms with Crippen molar-refractivity contribution in [2.75, 3.05) is 13.8 Å². The monoisotopic (exact) mass is 277 g/mol. The molecule has 20 heavy (non-hydrogen) atoms. The first-order valence-corrected chi connectivity index (χ1v) is 6.01. The molecular formula is C14H15NO5. The Kier molecular flexibility index (Phi) is 3.76. The van der Waals surface area contributed by atoms with Crippen molar-refractivity contribution in [2.45, 2.75) is 13.0 Å². The van der Waals surface area contributed by atoms with Crippen LogP contribution in [0.1, 0.15) is 18.5 Å². The number of hydrogen-bond donors (Lipinski definition) is 2. The van der Waals surface area contributed by atoms with E-state index in [0.717, 1.165) is 4.90 Å². The van der Waals surface area contributed by atoms with Crippen molar-refractivity contribution in [3.8, 4) is 5.75 Å². The number of methoxy groups -OCH3 is 1. The number of rotatable bonds is 4. The maximum atomic E-state index is 11.8. The molecule has 1 aromatic rings. The number of ether oxygens (including phenoxy) is 1. The van der Waals surface area contributed by atoms with E-state index in [-0.39, 0.29) is 5.57 Å². The average molecular weight is 277 g/mol. The highest BCUT2D eigenvalue weighted by Crippen LogP contribution is 2.37. The van der Waals surface area contributed by atoms with Crippen molar-refractivity contribution in [1.82, 2.24) is 4.90 Å². The van der Waals surface area contributed by atoms with E-state index < -0.39 is 30.2 Å². The Morgan fingerprint density at radius 1 is 1.35 bits per heavy atom. The second-order valence-electron chi connectivity index (χ2n) is 4.41. The van der Waals surface area contributed by atoms with E-state index in [1.807, 2.05) is 0 Å². The Labute approximate surface area is 115 Å². The molecule has 0 saturated carbocycles. The summed E-state index contributed by atoms with van der Waals surface area (Å²) < 4.78 is 5.04. The van der Waals surface area contributed by atoms with Crippen LogP contribution in [0.2, 0.25) is 0 Å². The van der Waals surface area contributed by atoms with Crippen LogP contribution in [0, 0.1) is 0 Å². The summed E-state index contributed by atoms with van der Waals surface area (Å²) in [5.74, 6) is -1.13. The topological polar surface area (TPSA) is 87.1 Å². The minimum absolute atomic E-state index is 0.00535. The maximum absolute atomic E-state index is 11.8. The van der Waals surface area contributed by atoms with Gasteiger partial charge in [0.05, 0.1) is 18.7 Å². The van der Waals surface area contributed by atoms with Crippen LogP contribution in [0.5, 0.6) is 5.75 Å². The number of benzene rings is 1. The molecular weight excluding hydrogens is 262 g/mol. The lowest BCUT2D eigenvalue weighted by Gasteiger charge is -2.24. The molecule has 2 N–H and O–H groups in total. The Balaban J connectivity index is 2.49. The van der Waals surface area contributed by atoms with Crippen molar-refractivity contribution in [2.24, 2.45) is 0 Å². The quantitative estimate of drug-likeness (QED) is 0.855. The van der Waals surface area contributed by atoms with Gasteiger partial charge in [-0.25, -0.2) is 0 Å². The molecule has 1 heterocycles. The molecule has 6 heteroatoms. The van der Waals surface area contributed by atoms with Crippen LogP contribution < -0.4 is 4.74 Å². The van der Waals surface area contributed by atoms with E-state index in [1.165, 1.54) is 14.0 Å². The Morgan fingerprint density at radius 2 is 1.95 bits per heavy atom. The Hall–Kier alpha value is -2.34. The molecule has 1 aliphatic heterocycles. The first-order valence-electron chi connectivity index (χ1n) is 6.01. The van der Waals surface area contributed by atoms with Gasteiger partial charge in [-0.2, -0.15) is 0 Å². The summed E-state index contributed by atoms with van der Waals surface area (Å²) in [7, 11) is 1.53. The van der Waals surface area contributed by atoms with Gasteiger partial charge >= 0.3 is 0 Å². The molecule has 1 atom stereocenters. The Morgan fingerprint density at radius 3 is 2.40 bits per heavy atom. The van der Waals surface area contributed by atoms with E-state index in [4.69, 9.17) is 4.74 Å². The zero-order chi connectivity index (χ0) is 14.9. The molecule has 0 aliphatic carbocycles. The number of Topliss-reactive ketones (excluding diaryl/α,β-unsaturated/α-hetero) is 1.